The van der Waals surface area contributed by atoms with Crippen LogP contribution in [0.5, 0.6) is 0 Å². The molecule has 0 aromatic heterocycles. The van der Waals surface area contributed by atoms with Gasteiger partial charge in [0.05, 0.1) is 0 Å². The molecule has 0 heterocycles. The molecule has 4 heteroatoms. The van der Waals surface area contributed by atoms with E-state index in [1.54, 1.807) is 0 Å². The van der Waals surface area contributed by atoms with E-state index in [9.17, 15) is 0 Å². The van der Waals surface area contributed by atoms with Crippen LogP contribution in [0.4, 0.5) is 0 Å². The van der Waals surface area contributed by atoms with Gasteiger partial charge in [-0.3, -0.25) is 4.99 Å². The molecule has 0 saturated heterocycles. The zero-order chi connectivity index (χ0) is 12.5. The van der Waals surface area contributed by atoms with Crippen molar-refractivity contribution in [1.82, 2.24) is 10.2 Å². The minimum Gasteiger partial charge on any atom is -0.370 e. The SMILES string of the molecule is CCN(CC)CCCNC(N)=NCC1CCC1. The van der Waals surface area contributed by atoms with Crippen molar-refractivity contribution in [2.75, 3.05) is 32.7 Å². The van der Waals surface area contributed by atoms with Crippen LogP contribution in [0.1, 0.15) is 39.5 Å². The molecule has 0 aromatic rings. The molecule has 0 aliphatic heterocycles. The number of rotatable bonds is 8. The van der Waals surface area contributed by atoms with Gasteiger partial charge in [0.1, 0.15) is 0 Å². The van der Waals surface area contributed by atoms with Crippen LogP contribution < -0.4 is 11.1 Å². The molecule has 0 atom stereocenters. The normalized spacial score (nSPS) is 17.2. The van der Waals surface area contributed by atoms with Crippen LogP contribution in [-0.4, -0.2) is 43.6 Å². The molecular weight excluding hydrogens is 212 g/mol. The molecule has 4 nitrogen and oxygen atoms in total. The highest BCUT2D eigenvalue weighted by atomic mass is 15.1. The summed E-state index contributed by atoms with van der Waals surface area (Å²) < 4.78 is 0. The predicted octanol–water partition coefficient (Wildman–Crippen LogP) is 1.42. The Hall–Kier alpha value is -0.770. The van der Waals surface area contributed by atoms with E-state index in [1.807, 2.05) is 0 Å². The summed E-state index contributed by atoms with van der Waals surface area (Å²) in [6, 6.07) is 0. The molecule has 0 unspecified atom stereocenters. The maximum absolute atomic E-state index is 5.81. The minimum atomic E-state index is 0.622. The Bertz CT molecular complexity index is 219. The van der Waals surface area contributed by atoms with Crippen molar-refractivity contribution >= 4 is 5.96 Å². The van der Waals surface area contributed by atoms with Crippen molar-refractivity contribution in [3.63, 3.8) is 0 Å². The lowest BCUT2D eigenvalue weighted by Gasteiger charge is -2.23. The summed E-state index contributed by atoms with van der Waals surface area (Å²) in [7, 11) is 0. The van der Waals surface area contributed by atoms with Crippen molar-refractivity contribution < 1.29 is 0 Å². The van der Waals surface area contributed by atoms with Gasteiger partial charge in [-0.05, 0) is 44.8 Å². The van der Waals surface area contributed by atoms with Crippen LogP contribution in [0.2, 0.25) is 0 Å². The lowest BCUT2D eigenvalue weighted by Crippen LogP contribution is -2.35. The van der Waals surface area contributed by atoms with Crippen LogP contribution >= 0.6 is 0 Å². The van der Waals surface area contributed by atoms with Gasteiger partial charge < -0.3 is 16.0 Å². The van der Waals surface area contributed by atoms with Gasteiger partial charge in [0, 0.05) is 13.1 Å². The molecule has 1 rings (SSSR count). The van der Waals surface area contributed by atoms with E-state index in [1.165, 1.54) is 19.3 Å². The molecule has 1 aliphatic carbocycles. The van der Waals surface area contributed by atoms with Gasteiger partial charge in [-0.2, -0.15) is 0 Å². The van der Waals surface area contributed by atoms with E-state index >= 15 is 0 Å². The number of nitrogens with zero attached hydrogens (tertiary/aromatic N) is 2. The highest BCUT2D eigenvalue weighted by Gasteiger charge is 2.16. The van der Waals surface area contributed by atoms with Gasteiger partial charge in [-0.25, -0.2) is 0 Å². The van der Waals surface area contributed by atoms with Crippen molar-refractivity contribution in [3.05, 3.63) is 0 Å². The summed E-state index contributed by atoms with van der Waals surface area (Å²) in [6.07, 6.45) is 5.16. The first-order valence-electron chi connectivity index (χ1n) is 7.02. The van der Waals surface area contributed by atoms with Gasteiger partial charge in [0.2, 0.25) is 0 Å². The summed E-state index contributed by atoms with van der Waals surface area (Å²) in [5, 5.41) is 3.19. The molecule has 0 radical (unpaired) electrons. The molecular formula is C13H28N4. The van der Waals surface area contributed by atoms with Crippen LogP contribution in [-0.2, 0) is 0 Å². The third-order valence-corrected chi connectivity index (χ3v) is 3.60. The highest BCUT2D eigenvalue weighted by Crippen LogP contribution is 2.26. The first-order chi connectivity index (χ1) is 8.26. The van der Waals surface area contributed by atoms with E-state index in [2.05, 4.69) is 29.1 Å². The van der Waals surface area contributed by atoms with E-state index in [-0.39, 0.29) is 0 Å². The number of guanidine groups is 1. The molecule has 17 heavy (non-hydrogen) atoms. The second-order valence-electron chi connectivity index (χ2n) is 4.83. The molecule has 100 valence electrons. The van der Waals surface area contributed by atoms with Gasteiger partial charge >= 0.3 is 0 Å². The molecule has 1 saturated carbocycles. The summed E-state index contributed by atoms with van der Waals surface area (Å²) in [5.74, 6) is 1.42. The monoisotopic (exact) mass is 240 g/mol. The van der Waals surface area contributed by atoms with Gasteiger partial charge in [-0.1, -0.05) is 20.3 Å². The van der Waals surface area contributed by atoms with Crippen LogP contribution in [0.15, 0.2) is 4.99 Å². The van der Waals surface area contributed by atoms with E-state index in [0.29, 0.717) is 5.96 Å². The summed E-state index contributed by atoms with van der Waals surface area (Å²) in [4.78, 5) is 6.79. The van der Waals surface area contributed by atoms with Gasteiger partial charge in [-0.15, -0.1) is 0 Å². The minimum absolute atomic E-state index is 0.622. The smallest absolute Gasteiger partial charge is 0.188 e. The fourth-order valence-electron chi connectivity index (χ4n) is 2.02. The maximum atomic E-state index is 5.81. The average Bonchev–Trinajstić information content (AvgIpc) is 2.27. The fourth-order valence-corrected chi connectivity index (χ4v) is 2.02. The van der Waals surface area contributed by atoms with Crippen LogP contribution in [0.25, 0.3) is 0 Å². The number of nitrogens with one attached hydrogen (secondary N) is 1. The summed E-state index contributed by atoms with van der Waals surface area (Å²) in [5.41, 5.74) is 5.81. The van der Waals surface area contributed by atoms with Crippen LogP contribution in [0.3, 0.4) is 0 Å². The second kappa shape index (κ2) is 8.34. The van der Waals surface area contributed by atoms with Crippen molar-refractivity contribution in [2.24, 2.45) is 16.6 Å². The first-order valence-corrected chi connectivity index (χ1v) is 7.02. The molecule has 3 N–H and O–H groups in total. The standard InChI is InChI=1S/C13H28N4/c1-3-17(4-2)10-6-9-15-13(14)16-11-12-7-5-8-12/h12H,3-11H2,1-2H3,(H3,14,15,16). The molecule has 0 spiro atoms. The Labute approximate surface area is 106 Å². The highest BCUT2D eigenvalue weighted by molar-refractivity contribution is 5.77. The molecule has 1 fully saturated rings. The number of hydrogen-bond acceptors (Lipinski definition) is 2. The Morgan fingerprint density at radius 3 is 2.59 bits per heavy atom. The largest absolute Gasteiger partial charge is 0.370 e. The van der Waals surface area contributed by atoms with E-state index < -0.39 is 0 Å². The fraction of sp³-hybridized carbons (Fsp3) is 0.923. The summed E-state index contributed by atoms with van der Waals surface area (Å²) >= 11 is 0. The van der Waals surface area contributed by atoms with Gasteiger partial charge in [0.25, 0.3) is 0 Å². The average molecular weight is 240 g/mol. The maximum Gasteiger partial charge on any atom is 0.188 e. The molecule has 0 amide bonds. The molecule has 1 aliphatic rings. The molecule has 0 aromatic carbocycles. The lowest BCUT2D eigenvalue weighted by atomic mass is 9.86. The van der Waals surface area contributed by atoms with Crippen molar-refractivity contribution in [1.29, 1.82) is 0 Å². The Balaban J connectivity index is 2.00. The Kier molecular flexibility index (Phi) is 7.01. The zero-order valence-electron chi connectivity index (χ0n) is 11.4. The third-order valence-electron chi connectivity index (χ3n) is 3.60. The third kappa shape index (κ3) is 5.91. The predicted molar refractivity (Wildman–Crippen MR) is 74.2 cm³/mol. The molecule has 0 bridgehead atoms. The second-order valence-corrected chi connectivity index (χ2v) is 4.83. The van der Waals surface area contributed by atoms with Crippen LogP contribution in [0, 0.1) is 5.92 Å². The number of hydrogen-bond donors (Lipinski definition) is 2. The summed E-state index contributed by atoms with van der Waals surface area (Å²) in [6.45, 7) is 9.63. The van der Waals surface area contributed by atoms with Crippen molar-refractivity contribution in [3.8, 4) is 0 Å². The van der Waals surface area contributed by atoms with Crippen molar-refractivity contribution in [2.45, 2.75) is 39.5 Å². The first kappa shape index (κ1) is 14.3. The Morgan fingerprint density at radius 1 is 1.35 bits per heavy atom. The number of aliphatic imine (C=N–C) groups is 1. The Morgan fingerprint density at radius 2 is 2.06 bits per heavy atom. The quantitative estimate of drug-likeness (QED) is 0.383. The van der Waals surface area contributed by atoms with E-state index in [0.717, 1.165) is 45.1 Å². The number of nitrogens with two attached hydrogens (primary N) is 1. The topological polar surface area (TPSA) is 53.6 Å². The van der Waals surface area contributed by atoms with E-state index in [4.69, 9.17) is 5.73 Å². The van der Waals surface area contributed by atoms with Gasteiger partial charge in [0.15, 0.2) is 5.96 Å². The zero-order valence-corrected chi connectivity index (χ0v) is 11.4. The lowest BCUT2D eigenvalue weighted by molar-refractivity contribution is 0.300.